The van der Waals surface area contributed by atoms with E-state index in [9.17, 15) is 0 Å². The first-order chi connectivity index (χ1) is 35.3. The Morgan fingerprint density at radius 1 is 0.296 bits per heavy atom. The van der Waals surface area contributed by atoms with Crippen LogP contribution < -0.4 is 4.90 Å². The van der Waals surface area contributed by atoms with Gasteiger partial charge >= 0.3 is 0 Å². The van der Waals surface area contributed by atoms with Crippen molar-refractivity contribution in [2.45, 2.75) is 0 Å². The first-order valence-electron chi connectivity index (χ1n) is 23.8. The van der Waals surface area contributed by atoms with E-state index < -0.39 is 0 Å². The van der Waals surface area contributed by atoms with Crippen LogP contribution in [0.25, 0.3) is 122 Å². The molecule has 2 N–H and O–H groups in total. The average Bonchev–Trinajstić information content (AvgIpc) is 4.22. The van der Waals surface area contributed by atoms with Gasteiger partial charge in [0.25, 0.3) is 0 Å². The summed E-state index contributed by atoms with van der Waals surface area (Å²) in [7, 11) is 0. The number of anilines is 3. The number of pyridine rings is 3. The number of nitrogens with one attached hydrogen (secondary N) is 2. The lowest BCUT2D eigenvalue weighted by Crippen LogP contribution is -2.11. The molecule has 0 spiro atoms. The fourth-order valence-electron chi connectivity index (χ4n) is 10.7. The first kappa shape index (κ1) is 40.3. The number of aromatic amines is 2. The minimum absolute atomic E-state index is 0.751. The second-order valence-corrected chi connectivity index (χ2v) is 17.7. The molecule has 0 saturated heterocycles. The van der Waals surface area contributed by atoms with Gasteiger partial charge in [-0.25, -0.2) is 9.97 Å². The molecule has 71 heavy (non-hydrogen) atoms. The SMILES string of the molecule is c1ccc(-c2c3nc(c(N(c4ccccc4)c4ccccc4)c4[nH]c(c(-c5ccccc5)c5nc(c(-c6ccccn6)c6[nH]c2c2ccccc62)-c2cccnc2-5)c2ccccc42)-c2cccnc2-3)cc1. The van der Waals surface area contributed by atoms with E-state index in [0.29, 0.717) is 0 Å². The topological polar surface area (TPSA) is 99.3 Å². The summed E-state index contributed by atoms with van der Waals surface area (Å²) >= 11 is 0. The number of H-pyrrole nitrogens is 2. The molecule has 0 fully saturated rings. The summed E-state index contributed by atoms with van der Waals surface area (Å²) in [4.78, 5) is 37.9. The number of hydrogen-bond acceptors (Lipinski definition) is 6. The van der Waals surface area contributed by atoms with Gasteiger partial charge in [-0.15, -0.1) is 0 Å². The van der Waals surface area contributed by atoms with Crippen molar-refractivity contribution < 1.29 is 0 Å². The molecule has 0 atom stereocenters. The van der Waals surface area contributed by atoms with Crippen LogP contribution in [0.5, 0.6) is 0 Å². The maximum absolute atomic E-state index is 5.95. The molecule has 5 aromatic heterocycles. The van der Waals surface area contributed by atoms with Crippen LogP contribution in [0.4, 0.5) is 17.1 Å². The van der Waals surface area contributed by atoms with Crippen molar-refractivity contribution in [2.24, 2.45) is 0 Å². The van der Waals surface area contributed by atoms with Gasteiger partial charge in [-0.2, -0.15) is 0 Å². The minimum Gasteiger partial charge on any atom is -0.353 e. The van der Waals surface area contributed by atoms with Crippen molar-refractivity contribution >= 4 is 60.7 Å². The molecule has 1 aliphatic carbocycles. The van der Waals surface area contributed by atoms with Gasteiger partial charge in [0, 0.05) is 73.8 Å². The molecule has 7 heterocycles. The quantitative estimate of drug-likeness (QED) is 0.172. The summed E-state index contributed by atoms with van der Waals surface area (Å²) < 4.78 is 0. The summed E-state index contributed by atoms with van der Waals surface area (Å²) in [6, 6.07) is 73.8. The molecular weight excluding hydrogens is 869 g/mol. The zero-order chi connectivity index (χ0) is 46.8. The summed E-state index contributed by atoms with van der Waals surface area (Å²) in [5.74, 6) is 0. The van der Waals surface area contributed by atoms with Crippen LogP contribution in [0.3, 0.4) is 0 Å². The summed E-state index contributed by atoms with van der Waals surface area (Å²) in [6.45, 7) is 0. The number of nitrogens with zero attached hydrogens (tertiary/aromatic N) is 6. The number of aromatic nitrogens is 7. The third kappa shape index (κ3) is 6.42. The lowest BCUT2D eigenvalue weighted by atomic mass is 9.97. The molecule has 11 aromatic rings. The second kappa shape index (κ2) is 16.5. The molecule has 8 heteroatoms. The maximum Gasteiger partial charge on any atom is 0.100 e. The lowest BCUT2D eigenvalue weighted by molar-refractivity contribution is 1.27. The Kier molecular flexibility index (Phi) is 9.35. The zero-order valence-electron chi connectivity index (χ0n) is 38.1. The van der Waals surface area contributed by atoms with Gasteiger partial charge in [0.15, 0.2) is 0 Å². The highest BCUT2D eigenvalue weighted by atomic mass is 15.2. The molecule has 3 aliphatic rings. The molecule has 0 amide bonds. The van der Waals surface area contributed by atoms with Crippen LogP contribution >= 0.6 is 0 Å². The van der Waals surface area contributed by atoms with Crippen molar-refractivity contribution in [3.8, 4) is 78.8 Å². The fraction of sp³-hybridized carbons (Fsp3) is 0. The number of rotatable bonds is 6. The molecule has 8 bridgehead atoms. The van der Waals surface area contributed by atoms with Crippen LogP contribution in [0, 0.1) is 0 Å². The maximum atomic E-state index is 5.95. The highest BCUT2D eigenvalue weighted by Gasteiger charge is 2.32. The Morgan fingerprint density at radius 3 is 1.21 bits per heavy atom. The third-order valence-corrected chi connectivity index (χ3v) is 13.7. The normalized spacial score (nSPS) is 11.7. The largest absolute Gasteiger partial charge is 0.353 e. The molecule has 6 aromatic carbocycles. The summed E-state index contributed by atoms with van der Waals surface area (Å²) in [5.41, 5.74) is 18.3. The van der Waals surface area contributed by atoms with Gasteiger partial charge in [0.2, 0.25) is 0 Å². The monoisotopic (exact) mass is 908 g/mol. The van der Waals surface area contributed by atoms with Crippen LogP contribution in [0.1, 0.15) is 0 Å². The van der Waals surface area contributed by atoms with Crippen LogP contribution in [-0.4, -0.2) is 34.9 Å². The second-order valence-electron chi connectivity index (χ2n) is 17.7. The smallest absolute Gasteiger partial charge is 0.100 e. The van der Waals surface area contributed by atoms with E-state index >= 15 is 0 Å². The molecule has 0 unspecified atom stereocenters. The zero-order valence-corrected chi connectivity index (χ0v) is 38.1. The Morgan fingerprint density at radius 2 is 0.704 bits per heavy atom. The Balaban J connectivity index is 1.33. The molecular formula is C63H40N8. The van der Waals surface area contributed by atoms with Crippen LogP contribution in [-0.2, 0) is 0 Å². The van der Waals surface area contributed by atoms with Gasteiger partial charge < -0.3 is 14.9 Å². The number of hydrogen-bond donors (Lipinski definition) is 2. The van der Waals surface area contributed by atoms with Gasteiger partial charge in [-0.1, -0.05) is 152 Å². The lowest BCUT2D eigenvalue weighted by Gasteiger charge is -2.26. The van der Waals surface area contributed by atoms with E-state index in [1.165, 1.54) is 0 Å². The standard InChI is InChI=1S/C63H40N8/c1-5-21-39(22-6-1)50-53-43-29-13-14-30-44(43)55(67-53)52(49-35-17-18-36-64-49)56-47-33-19-37-65-57(47)61(69-56)51(40-23-7-2-8-24-40)54-45-31-15-16-32-46(45)59(68-54)63(60-48-34-20-38-66-58(48)62(50)70-60)71(41-25-9-3-10-26-41)42-27-11-4-12-28-42/h1-38,67-68H. The minimum atomic E-state index is 0.751. The Labute approximate surface area is 408 Å². The molecule has 14 rings (SSSR count). The van der Waals surface area contributed by atoms with Crippen molar-refractivity contribution in [1.82, 2.24) is 34.9 Å². The van der Waals surface area contributed by atoms with E-state index in [0.717, 1.165) is 139 Å². The average molecular weight is 909 g/mol. The van der Waals surface area contributed by atoms with E-state index in [1.807, 2.05) is 42.9 Å². The van der Waals surface area contributed by atoms with Gasteiger partial charge in [-0.05, 0) is 71.8 Å². The fourth-order valence-corrected chi connectivity index (χ4v) is 10.7. The van der Waals surface area contributed by atoms with Gasteiger partial charge in [-0.3, -0.25) is 15.0 Å². The third-order valence-electron chi connectivity index (χ3n) is 13.7. The highest BCUT2D eigenvalue weighted by molar-refractivity contribution is 6.21. The number of para-hydroxylation sites is 2. The molecule has 0 saturated carbocycles. The molecule has 0 radical (unpaired) electrons. The first-order valence-corrected chi connectivity index (χ1v) is 23.8. The summed E-state index contributed by atoms with van der Waals surface area (Å²) in [6.07, 6.45) is 5.59. The van der Waals surface area contributed by atoms with Crippen molar-refractivity contribution in [2.75, 3.05) is 4.90 Å². The molecule has 332 valence electrons. The van der Waals surface area contributed by atoms with E-state index in [1.54, 1.807) is 0 Å². The van der Waals surface area contributed by atoms with Crippen molar-refractivity contribution in [3.05, 3.63) is 231 Å². The van der Waals surface area contributed by atoms with Crippen molar-refractivity contribution in [3.63, 3.8) is 0 Å². The molecule has 8 nitrogen and oxygen atoms in total. The van der Waals surface area contributed by atoms with E-state index in [4.69, 9.17) is 24.9 Å². The Hall–Kier alpha value is -9.79. The van der Waals surface area contributed by atoms with E-state index in [2.05, 4.69) is 203 Å². The number of benzene rings is 6. The van der Waals surface area contributed by atoms with Crippen molar-refractivity contribution in [1.29, 1.82) is 0 Å². The predicted molar refractivity (Wildman–Crippen MR) is 289 cm³/mol. The predicted octanol–water partition coefficient (Wildman–Crippen LogP) is 15.9. The van der Waals surface area contributed by atoms with E-state index in [-0.39, 0.29) is 0 Å². The van der Waals surface area contributed by atoms with Crippen LogP contribution in [0.15, 0.2) is 231 Å². The summed E-state index contributed by atoms with van der Waals surface area (Å²) in [5, 5.41) is 4.09. The Bertz CT molecular complexity index is 4130. The molecule has 2 aliphatic heterocycles. The highest BCUT2D eigenvalue weighted by Crippen LogP contribution is 2.52. The van der Waals surface area contributed by atoms with Gasteiger partial charge in [0.05, 0.1) is 67.5 Å². The van der Waals surface area contributed by atoms with Crippen LogP contribution in [0.2, 0.25) is 0 Å². The van der Waals surface area contributed by atoms with Gasteiger partial charge in [0.1, 0.15) is 5.69 Å².